The predicted molar refractivity (Wildman–Crippen MR) is 101 cm³/mol. The second-order valence-electron chi connectivity index (χ2n) is 6.88. The van der Waals surface area contributed by atoms with Crippen molar-refractivity contribution < 1.29 is 4.74 Å². The molecule has 2 aromatic heterocycles. The Labute approximate surface area is 152 Å². The number of rotatable bonds is 5. The molecule has 0 saturated carbocycles. The molecule has 26 heavy (non-hydrogen) atoms. The molecule has 3 heterocycles. The normalized spacial score (nSPS) is 17.8. The summed E-state index contributed by atoms with van der Waals surface area (Å²) >= 11 is 0. The highest BCUT2D eigenvalue weighted by molar-refractivity contribution is 5.41. The van der Waals surface area contributed by atoms with E-state index >= 15 is 0 Å². The summed E-state index contributed by atoms with van der Waals surface area (Å²) in [5.41, 5.74) is 3.81. The van der Waals surface area contributed by atoms with E-state index in [0.717, 1.165) is 49.6 Å². The van der Waals surface area contributed by atoms with Crippen LogP contribution in [0.15, 0.2) is 41.2 Å². The predicted octanol–water partition coefficient (Wildman–Crippen LogP) is 2.58. The van der Waals surface area contributed by atoms with E-state index in [2.05, 4.69) is 21.0 Å². The van der Waals surface area contributed by atoms with Crippen LogP contribution in [0.1, 0.15) is 36.2 Å². The van der Waals surface area contributed by atoms with Crippen molar-refractivity contribution in [2.45, 2.75) is 32.2 Å². The second kappa shape index (κ2) is 6.96. The van der Waals surface area contributed by atoms with Gasteiger partial charge >= 0.3 is 0 Å². The maximum absolute atomic E-state index is 12.2. The van der Waals surface area contributed by atoms with Crippen molar-refractivity contribution in [1.29, 1.82) is 0 Å². The van der Waals surface area contributed by atoms with Gasteiger partial charge in [0, 0.05) is 48.1 Å². The van der Waals surface area contributed by atoms with Crippen LogP contribution in [0, 0.1) is 0 Å². The lowest BCUT2D eigenvalue weighted by Crippen LogP contribution is -2.20. The van der Waals surface area contributed by atoms with E-state index in [1.165, 1.54) is 5.56 Å². The van der Waals surface area contributed by atoms with Crippen LogP contribution in [-0.4, -0.2) is 39.7 Å². The van der Waals surface area contributed by atoms with Crippen LogP contribution in [0.25, 0.3) is 5.65 Å². The summed E-state index contributed by atoms with van der Waals surface area (Å²) in [6.07, 6.45) is 1.83. The van der Waals surface area contributed by atoms with E-state index in [-0.39, 0.29) is 5.56 Å². The van der Waals surface area contributed by atoms with Crippen molar-refractivity contribution in [1.82, 2.24) is 19.5 Å². The average molecular weight is 352 g/mol. The number of fused-ring (bicyclic) bond motifs is 1. The van der Waals surface area contributed by atoms with E-state index < -0.39 is 0 Å². The number of ether oxygens (including phenoxy) is 1. The zero-order valence-corrected chi connectivity index (χ0v) is 15.2. The number of aryl methyl sites for hydroxylation is 1. The molecule has 0 bridgehead atoms. The highest BCUT2D eigenvalue weighted by Crippen LogP contribution is 2.29. The van der Waals surface area contributed by atoms with Gasteiger partial charge in [0.1, 0.15) is 5.75 Å². The molecule has 1 atom stereocenters. The van der Waals surface area contributed by atoms with Gasteiger partial charge in [-0.1, -0.05) is 25.1 Å². The molecule has 3 aromatic rings. The fourth-order valence-electron chi connectivity index (χ4n) is 3.75. The zero-order chi connectivity index (χ0) is 18.1. The Morgan fingerprint density at radius 3 is 2.96 bits per heavy atom. The van der Waals surface area contributed by atoms with Crippen molar-refractivity contribution >= 4 is 5.65 Å². The SMILES string of the molecule is CCc1cc(=O)n2[nH]c([C@H]3CCN(Cc4ccccc4OC)C3)cc2n1. The molecule has 1 fully saturated rings. The van der Waals surface area contributed by atoms with Crippen LogP contribution in [0.4, 0.5) is 0 Å². The Balaban J connectivity index is 1.53. The van der Waals surface area contributed by atoms with Gasteiger partial charge in [-0.25, -0.2) is 9.50 Å². The molecular weight excluding hydrogens is 328 g/mol. The molecule has 4 rings (SSSR count). The van der Waals surface area contributed by atoms with Gasteiger partial charge < -0.3 is 4.74 Å². The first-order chi connectivity index (χ1) is 12.7. The van der Waals surface area contributed by atoms with Crippen molar-refractivity contribution in [3.05, 3.63) is 63.7 Å². The number of methoxy groups -OCH3 is 1. The fraction of sp³-hybridized carbons (Fsp3) is 0.400. The van der Waals surface area contributed by atoms with Gasteiger partial charge in [-0.2, -0.15) is 0 Å². The Morgan fingerprint density at radius 1 is 1.31 bits per heavy atom. The average Bonchev–Trinajstić information content (AvgIpc) is 3.29. The molecule has 1 aliphatic rings. The highest BCUT2D eigenvalue weighted by Gasteiger charge is 2.26. The fourth-order valence-corrected chi connectivity index (χ4v) is 3.75. The smallest absolute Gasteiger partial charge is 0.272 e. The number of benzene rings is 1. The third-order valence-electron chi connectivity index (χ3n) is 5.18. The Hall–Kier alpha value is -2.60. The van der Waals surface area contributed by atoms with Gasteiger partial charge in [-0.15, -0.1) is 0 Å². The first-order valence-electron chi connectivity index (χ1n) is 9.13. The van der Waals surface area contributed by atoms with Crippen molar-refractivity contribution in [3.63, 3.8) is 0 Å². The third-order valence-corrected chi connectivity index (χ3v) is 5.18. The van der Waals surface area contributed by atoms with Crippen molar-refractivity contribution in [2.75, 3.05) is 20.2 Å². The Kier molecular flexibility index (Phi) is 4.51. The molecular formula is C20H24N4O2. The molecule has 1 saturated heterocycles. The zero-order valence-electron chi connectivity index (χ0n) is 15.2. The Morgan fingerprint density at radius 2 is 2.15 bits per heavy atom. The molecule has 1 aliphatic heterocycles. The number of aromatic amines is 1. The van der Waals surface area contributed by atoms with Crippen LogP contribution < -0.4 is 10.3 Å². The van der Waals surface area contributed by atoms with E-state index in [1.54, 1.807) is 17.7 Å². The maximum Gasteiger partial charge on any atom is 0.272 e. The molecule has 1 N–H and O–H groups in total. The lowest BCUT2D eigenvalue weighted by molar-refractivity contribution is 0.316. The van der Waals surface area contributed by atoms with Crippen molar-refractivity contribution in [3.8, 4) is 5.75 Å². The van der Waals surface area contributed by atoms with Crippen LogP contribution in [0.3, 0.4) is 0 Å². The van der Waals surface area contributed by atoms with Crippen LogP contribution in [-0.2, 0) is 13.0 Å². The van der Waals surface area contributed by atoms with Gasteiger partial charge in [0.25, 0.3) is 5.56 Å². The number of nitrogens with one attached hydrogen (secondary N) is 1. The number of para-hydroxylation sites is 1. The largest absolute Gasteiger partial charge is 0.496 e. The molecule has 0 spiro atoms. The number of nitrogens with zero attached hydrogens (tertiary/aromatic N) is 3. The van der Waals surface area contributed by atoms with E-state index in [1.807, 2.05) is 31.2 Å². The molecule has 6 heteroatoms. The van der Waals surface area contributed by atoms with Gasteiger partial charge in [0.15, 0.2) is 5.65 Å². The maximum atomic E-state index is 12.2. The lowest BCUT2D eigenvalue weighted by atomic mass is 10.1. The first-order valence-corrected chi connectivity index (χ1v) is 9.13. The summed E-state index contributed by atoms with van der Waals surface area (Å²) in [5.74, 6) is 1.32. The number of hydrogen-bond acceptors (Lipinski definition) is 4. The molecule has 0 aliphatic carbocycles. The molecule has 0 unspecified atom stereocenters. The van der Waals surface area contributed by atoms with E-state index in [4.69, 9.17) is 4.74 Å². The monoisotopic (exact) mass is 352 g/mol. The molecule has 6 nitrogen and oxygen atoms in total. The summed E-state index contributed by atoms with van der Waals surface area (Å²) in [6, 6.07) is 11.8. The number of aromatic nitrogens is 3. The van der Waals surface area contributed by atoms with Crippen LogP contribution in [0.2, 0.25) is 0 Å². The van der Waals surface area contributed by atoms with Crippen LogP contribution in [0.5, 0.6) is 5.75 Å². The third kappa shape index (κ3) is 3.12. The molecule has 0 amide bonds. The van der Waals surface area contributed by atoms with Crippen LogP contribution >= 0.6 is 0 Å². The highest BCUT2D eigenvalue weighted by atomic mass is 16.5. The molecule has 136 valence electrons. The summed E-state index contributed by atoms with van der Waals surface area (Å²) < 4.78 is 7.02. The van der Waals surface area contributed by atoms with E-state index in [0.29, 0.717) is 11.6 Å². The second-order valence-corrected chi connectivity index (χ2v) is 6.88. The van der Waals surface area contributed by atoms with Gasteiger partial charge in [0.2, 0.25) is 0 Å². The Bertz CT molecular complexity index is 975. The van der Waals surface area contributed by atoms with E-state index in [9.17, 15) is 4.79 Å². The number of hydrogen-bond donors (Lipinski definition) is 1. The topological polar surface area (TPSA) is 62.6 Å². The summed E-state index contributed by atoms with van der Waals surface area (Å²) in [5, 5.41) is 3.25. The summed E-state index contributed by atoms with van der Waals surface area (Å²) in [4.78, 5) is 19.2. The summed E-state index contributed by atoms with van der Waals surface area (Å²) in [6.45, 7) is 4.87. The van der Waals surface area contributed by atoms with Crippen molar-refractivity contribution in [2.24, 2.45) is 0 Å². The standard InChI is InChI=1S/C20H24N4O2/c1-3-16-10-20(25)24-19(21-16)11-17(22-24)14-8-9-23(12-14)13-15-6-4-5-7-18(15)26-2/h4-7,10-11,14,22H,3,8-9,12-13H2,1-2H3/t14-/m0/s1. The number of H-pyrrole nitrogens is 1. The quantitative estimate of drug-likeness (QED) is 0.767. The number of likely N-dealkylation sites (tertiary alicyclic amines) is 1. The van der Waals surface area contributed by atoms with Gasteiger partial charge in [-0.05, 0) is 25.5 Å². The minimum atomic E-state index is -0.0398. The first kappa shape index (κ1) is 16.8. The minimum absolute atomic E-state index is 0.0398. The molecule has 0 radical (unpaired) electrons. The van der Waals surface area contributed by atoms with Gasteiger partial charge in [-0.3, -0.25) is 14.8 Å². The van der Waals surface area contributed by atoms with Gasteiger partial charge in [0.05, 0.1) is 7.11 Å². The summed E-state index contributed by atoms with van der Waals surface area (Å²) in [7, 11) is 1.71. The minimum Gasteiger partial charge on any atom is -0.496 e. The molecule has 1 aromatic carbocycles. The lowest BCUT2D eigenvalue weighted by Gasteiger charge is -2.17.